The molecule has 0 amide bonds. The molecule has 0 radical (unpaired) electrons. The van der Waals surface area contributed by atoms with Gasteiger partial charge in [-0.2, -0.15) is 0 Å². The summed E-state index contributed by atoms with van der Waals surface area (Å²) < 4.78 is 28.9. The molecular formula is C24H34N2O3S. The van der Waals surface area contributed by atoms with Crippen molar-refractivity contribution in [2.24, 2.45) is 22.5 Å². The number of hydrogen-bond acceptors (Lipinski definition) is 4. The molecule has 3 aliphatic carbocycles. The second-order valence-corrected chi connectivity index (χ2v) is 12.7. The van der Waals surface area contributed by atoms with Crippen LogP contribution in [0.5, 0.6) is 0 Å². The molecular weight excluding hydrogens is 396 g/mol. The topological polar surface area (TPSA) is 83.6 Å². The molecule has 3 fully saturated rings. The van der Waals surface area contributed by atoms with Crippen LogP contribution in [0.3, 0.4) is 0 Å². The summed E-state index contributed by atoms with van der Waals surface area (Å²) in [4.78, 5) is 0. The predicted molar refractivity (Wildman–Crippen MR) is 119 cm³/mol. The first-order valence-electron chi connectivity index (χ1n) is 11.3. The Morgan fingerprint density at radius 3 is 2.53 bits per heavy atom. The molecule has 4 aliphatic rings. The van der Waals surface area contributed by atoms with E-state index in [1.807, 2.05) is 0 Å². The largest absolute Gasteiger partial charge is 0.388 e. The molecule has 2 saturated carbocycles. The number of piperidine rings is 1. The van der Waals surface area contributed by atoms with E-state index in [0.29, 0.717) is 25.4 Å². The monoisotopic (exact) mass is 430 g/mol. The van der Waals surface area contributed by atoms with Gasteiger partial charge in [0.05, 0.1) is 11.4 Å². The summed E-state index contributed by atoms with van der Waals surface area (Å²) >= 11 is 0. The zero-order valence-corrected chi connectivity index (χ0v) is 18.9. The van der Waals surface area contributed by atoms with Gasteiger partial charge < -0.3 is 10.8 Å². The molecule has 2 bridgehead atoms. The molecule has 6 heteroatoms. The number of aliphatic hydroxyl groups is 1. The summed E-state index contributed by atoms with van der Waals surface area (Å²) in [5.41, 5.74) is 6.59. The number of nitrogens with zero attached hydrogens (tertiary/aromatic N) is 1. The quantitative estimate of drug-likeness (QED) is 0.769. The third-order valence-electron chi connectivity index (χ3n) is 9.50. The SMILES string of the molecule is CC1(C)[C@@H]2CC[C@@]1(CS(=O)(=O)N1CCC3(C=Cc4ccccc43)CC1)[C@@](O)(CN)C2. The lowest BCUT2D eigenvalue weighted by Gasteiger charge is -2.48. The molecule has 1 aliphatic heterocycles. The van der Waals surface area contributed by atoms with Crippen molar-refractivity contribution in [2.45, 2.75) is 57.0 Å². The highest BCUT2D eigenvalue weighted by Crippen LogP contribution is 2.70. The number of nitrogens with two attached hydrogens (primary N) is 1. The maximum absolute atomic E-state index is 13.6. The van der Waals surface area contributed by atoms with Gasteiger partial charge in [-0.25, -0.2) is 12.7 Å². The Bertz CT molecular complexity index is 993. The molecule has 3 N–H and O–H groups in total. The van der Waals surface area contributed by atoms with Gasteiger partial charge in [0.1, 0.15) is 0 Å². The molecule has 164 valence electrons. The molecule has 5 nitrogen and oxygen atoms in total. The fourth-order valence-corrected chi connectivity index (χ4v) is 9.72. The molecule has 0 unspecified atom stereocenters. The maximum Gasteiger partial charge on any atom is 0.214 e. The maximum atomic E-state index is 13.6. The Hall–Kier alpha value is -1.21. The van der Waals surface area contributed by atoms with Gasteiger partial charge in [0.2, 0.25) is 10.0 Å². The van der Waals surface area contributed by atoms with E-state index in [-0.39, 0.29) is 23.1 Å². The zero-order valence-electron chi connectivity index (χ0n) is 18.1. The Labute approximate surface area is 180 Å². The summed E-state index contributed by atoms with van der Waals surface area (Å²) in [7, 11) is -3.49. The molecule has 1 saturated heterocycles. The number of benzene rings is 1. The van der Waals surface area contributed by atoms with Crippen LogP contribution in [-0.2, 0) is 15.4 Å². The van der Waals surface area contributed by atoms with Gasteiger partial charge in [0.25, 0.3) is 0 Å². The van der Waals surface area contributed by atoms with Crippen molar-refractivity contribution in [3.63, 3.8) is 0 Å². The van der Waals surface area contributed by atoms with E-state index < -0.39 is 21.0 Å². The molecule has 0 aromatic heterocycles. The number of fused-ring (bicyclic) bond motifs is 4. The van der Waals surface area contributed by atoms with Gasteiger partial charge in [0, 0.05) is 30.5 Å². The lowest BCUT2D eigenvalue weighted by Crippen LogP contribution is -2.59. The minimum atomic E-state index is -3.49. The van der Waals surface area contributed by atoms with Crippen molar-refractivity contribution in [3.05, 3.63) is 41.5 Å². The van der Waals surface area contributed by atoms with Gasteiger partial charge >= 0.3 is 0 Å². The van der Waals surface area contributed by atoms with Crippen molar-refractivity contribution in [1.29, 1.82) is 0 Å². The minimum absolute atomic E-state index is 0.0105. The van der Waals surface area contributed by atoms with Gasteiger partial charge in [-0.15, -0.1) is 0 Å². The average molecular weight is 431 g/mol. The van der Waals surface area contributed by atoms with Crippen LogP contribution in [-0.4, -0.2) is 48.8 Å². The molecule has 1 aromatic rings. The van der Waals surface area contributed by atoms with Crippen LogP contribution in [0.4, 0.5) is 0 Å². The van der Waals surface area contributed by atoms with E-state index in [0.717, 1.165) is 25.7 Å². The highest BCUT2D eigenvalue weighted by Gasteiger charge is 2.71. The molecule has 3 atom stereocenters. The average Bonchev–Trinajstić information content (AvgIpc) is 3.24. The Morgan fingerprint density at radius 2 is 1.87 bits per heavy atom. The lowest BCUT2D eigenvalue weighted by molar-refractivity contribution is -0.0798. The summed E-state index contributed by atoms with van der Waals surface area (Å²) in [6, 6.07) is 8.44. The van der Waals surface area contributed by atoms with Crippen LogP contribution in [0, 0.1) is 16.7 Å². The molecule has 1 spiro atoms. The van der Waals surface area contributed by atoms with E-state index in [2.05, 4.69) is 50.3 Å². The van der Waals surface area contributed by atoms with Crippen LogP contribution in [0.15, 0.2) is 30.3 Å². The van der Waals surface area contributed by atoms with E-state index in [1.54, 1.807) is 4.31 Å². The van der Waals surface area contributed by atoms with E-state index >= 15 is 0 Å². The fraction of sp³-hybridized carbons (Fsp3) is 0.667. The predicted octanol–water partition coefficient (Wildman–Crippen LogP) is 2.89. The number of rotatable bonds is 4. The van der Waals surface area contributed by atoms with Crippen molar-refractivity contribution in [2.75, 3.05) is 25.4 Å². The molecule has 1 heterocycles. The minimum Gasteiger partial charge on any atom is -0.388 e. The van der Waals surface area contributed by atoms with Crippen molar-refractivity contribution < 1.29 is 13.5 Å². The second kappa shape index (κ2) is 6.41. The van der Waals surface area contributed by atoms with Gasteiger partial charge in [-0.3, -0.25) is 0 Å². The van der Waals surface area contributed by atoms with E-state index in [4.69, 9.17) is 5.73 Å². The lowest BCUT2D eigenvalue weighted by atomic mass is 9.64. The first kappa shape index (κ1) is 20.7. The number of sulfonamides is 1. The fourth-order valence-electron chi connectivity index (χ4n) is 7.40. The van der Waals surface area contributed by atoms with Gasteiger partial charge in [0.15, 0.2) is 0 Å². The number of allylic oxidation sites excluding steroid dienone is 1. The Balaban J connectivity index is 1.38. The van der Waals surface area contributed by atoms with Crippen LogP contribution >= 0.6 is 0 Å². The third-order valence-corrected chi connectivity index (χ3v) is 11.5. The summed E-state index contributed by atoms with van der Waals surface area (Å²) in [5.74, 6) is 0.349. The van der Waals surface area contributed by atoms with E-state index in [1.165, 1.54) is 11.1 Å². The Kier molecular flexibility index (Phi) is 4.42. The molecule has 5 rings (SSSR count). The van der Waals surface area contributed by atoms with Crippen LogP contribution in [0.2, 0.25) is 0 Å². The van der Waals surface area contributed by atoms with Crippen molar-refractivity contribution in [3.8, 4) is 0 Å². The van der Waals surface area contributed by atoms with Gasteiger partial charge in [-0.1, -0.05) is 50.3 Å². The highest BCUT2D eigenvalue weighted by molar-refractivity contribution is 7.89. The first-order valence-corrected chi connectivity index (χ1v) is 12.9. The first-order chi connectivity index (χ1) is 14.1. The smallest absolute Gasteiger partial charge is 0.214 e. The zero-order chi connectivity index (χ0) is 21.4. The highest BCUT2D eigenvalue weighted by atomic mass is 32.2. The molecule has 1 aromatic carbocycles. The number of hydrogen-bond donors (Lipinski definition) is 2. The van der Waals surface area contributed by atoms with Gasteiger partial charge in [-0.05, 0) is 54.6 Å². The van der Waals surface area contributed by atoms with E-state index in [9.17, 15) is 13.5 Å². The standard InChI is InChI=1S/C24H34N2O3S/c1-21(2)19-8-10-23(21,24(27,15-19)16-25)17-30(28,29)26-13-11-22(12-14-26)9-7-18-5-3-4-6-20(18)22/h3-7,9,19,27H,8,10-17,25H2,1-2H3/t19-,23+,24+/m1/s1. The summed E-state index contributed by atoms with van der Waals surface area (Å²) in [5, 5.41) is 11.4. The van der Waals surface area contributed by atoms with Crippen LogP contribution in [0.25, 0.3) is 6.08 Å². The van der Waals surface area contributed by atoms with Crippen LogP contribution in [0.1, 0.15) is 57.1 Å². The summed E-state index contributed by atoms with van der Waals surface area (Å²) in [6.45, 7) is 5.47. The molecule has 30 heavy (non-hydrogen) atoms. The second-order valence-electron chi connectivity index (χ2n) is 10.7. The van der Waals surface area contributed by atoms with Crippen molar-refractivity contribution >= 4 is 16.1 Å². The third kappa shape index (κ3) is 2.54. The Morgan fingerprint density at radius 1 is 1.17 bits per heavy atom. The summed E-state index contributed by atoms with van der Waals surface area (Å²) in [6.07, 6.45) is 8.41. The normalized spacial score (nSPS) is 36.5. The van der Waals surface area contributed by atoms with Crippen LogP contribution < -0.4 is 5.73 Å². The van der Waals surface area contributed by atoms with Crippen molar-refractivity contribution in [1.82, 2.24) is 4.31 Å².